The SMILES string of the molecule is CC(C)OOC(=O)c1cccc(OC(C)C)c1Oc1ccccc1. The van der Waals surface area contributed by atoms with Gasteiger partial charge in [0.25, 0.3) is 0 Å². The summed E-state index contributed by atoms with van der Waals surface area (Å²) in [6, 6.07) is 14.2. The minimum absolute atomic E-state index is 0.0682. The Kier molecular flexibility index (Phi) is 6.21. The molecule has 0 bridgehead atoms. The van der Waals surface area contributed by atoms with Crippen LogP contribution in [-0.2, 0) is 9.78 Å². The molecule has 2 aromatic rings. The third-order valence-electron chi connectivity index (χ3n) is 2.84. The van der Waals surface area contributed by atoms with Gasteiger partial charge in [-0.1, -0.05) is 24.3 Å². The van der Waals surface area contributed by atoms with Gasteiger partial charge in [-0.25, -0.2) is 4.79 Å². The van der Waals surface area contributed by atoms with Gasteiger partial charge in [0.05, 0.1) is 12.2 Å². The molecule has 0 aromatic heterocycles. The van der Waals surface area contributed by atoms with Crippen molar-refractivity contribution in [1.82, 2.24) is 0 Å². The molecule has 0 aliphatic rings. The van der Waals surface area contributed by atoms with Crippen molar-refractivity contribution < 1.29 is 24.0 Å². The van der Waals surface area contributed by atoms with E-state index in [9.17, 15) is 4.79 Å². The van der Waals surface area contributed by atoms with Crippen molar-refractivity contribution in [2.45, 2.75) is 39.9 Å². The average Bonchev–Trinajstić information content (AvgIpc) is 2.54. The monoisotopic (exact) mass is 330 g/mol. The Bertz CT molecular complexity index is 665. The van der Waals surface area contributed by atoms with Crippen molar-refractivity contribution in [1.29, 1.82) is 0 Å². The summed E-state index contributed by atoms with van der Waals surface area (Å²) in [5, 5.41) is 0. The zero-order valence-electron chi connectivity index (χ0n) is 14.3. The summed E-state index contributed by atoms with van der Waals surface area (Å²) in [6.07, 6.45) is -0.302. The molecule has 0 spiro atoms. The van der Waals surface area contributed by atoms with Gasteiger partial charge in [0.1, 0.15) is 11.3 Å². The minimum atomic E-state index is -0.635. The van der Waals surface area contributed by atoms with Crippen molar-refractivity contribution in [3.05, 3.63) is 54.1 Å². The number of hydrogen-bond donors (Lipinski definition) is 0. The van der Waals surface area contributed by atoms with Crippen LogP contribution < -0.4 is 9.47 Å². The lowest BCUT2D eigenvalue weighted by molar-refractivity contribution is -0.265. The smallest absolute Gasteiger partial charge is 0.377 e. The molecule has 0 heterocycles. The van der Waals surface area contributed by atoms with Gasteiger partial charge in [-0.3, -0.25) is 4.89 Å². The van der Waals surface area contributed by atoms with Crippen molar-refractivity contribution in [2.24, 2.45) is 0 Å². The van der Waals surface area contributed by atoms with Crippen LogP contribution in [0.2, 0.25) is 0 Å². The second kappa shape index (κ2) is 8.36. The first kappa shape index (κ1) is 17.8. The predicted molar refractivity (Wildman–Crippen MR) is 90.4 cm³/mol. The molecule has 24 heavy (non-hydrogen) atoms. The minimum Gasteiger partial charge on any atom is -0.487 e. The van der Waals surface area contributed by atoms with E-state index in [-0.39, 0.29) is 17.8 Å². The molecule has 2 rings (SSSR count). The number of benzene rings is 2. The van der Waals surface area contributed by atoms with Gasteiger partial charge in [-0.15, -0.1) is 0 Å². The first-order valence-corrected chi connectivity index (χ1v) is 7.87. The van der Waals surface area contributed by atoms with Gasteiger partial charge in [-0.05, 0) is 52.0 Å². The highest BCUT2D eigenvalue weighted by Gasteiger charge is 2.21. The molecule has 0 saturated heterocycles. The van der Waals surface area contributed by atoms with Crippen LogP contribution >= 0.6 is 0 Å². The van der Waals surface area contributed by atoms with Crippen molar-refractivity contribution in [2.75, 3.05) is 0 Å². The van der Waals surface area contributed by atoms with Gasteiger partial charge in [0, 0.05) is 0 Å². The Labute approximate surface area is 142 Å². The number of rotatable bonds is 7. The summed E-state index contributed by atoms with van der Waals surface area (Å²) in [5.74, 6) is 0.725. The van der Waals surface area contributed by atoms with E-state index in [4.69, 9.17) is 19.2 Å². The highest BCUT2D eigenvalue weighted by Crippen LogP contribution is 2.36. The van der Waals surface area contributed by atoms with Crippen LogP contribution in [0.15, 0.2) is 48.5 Å². The standard InChI is InChI=1S/C19H22O5/c1-13(2)21-17-12-8-11-16(19(20)24-23-14(3)4)18(17)22-15-9-6-5-7-10-15/h5-14H,1-4H3. The second-order valence-corrected chi connectivity index (χ2v) is 5.73. The molecular formula is C19H22O5. The summed E-state index contributed by atoms with van der Waals surface area (Å²) in [4.78, 5) is 22.1. The van der Waals surface area contributed by atoms with Crippen molar-refractivity contribution in [3.63, 3.8) is 0 Å². The van der Waals surface area contributed by atoms with Crippen LogP contribution in [0.3, 0.4) is 0 Å². The van der Waals surface area contributed by atoms with E-state index in [1.807, 2.05) is 32.0 Å². The van der Waals surface area contributed by atoms with Crippen LogP contribution in [0, 0.1) is 0 Å². The van der Waals surface area contributed by atoms with Gasteiger partial charge in [-0.2, -0.15) is 4.89 Å². The largest absolute Gasteiger partial charge is 0.487 e. The topological polar surface area (TPSA) is 54.0 Å². The lowest BCUT2D eigenvalue weighted by Gasteiger charge is -2.17. The molecule has 5 heteroatoms. The van der Waals surface area contributed by atoms with Crippen LogP contribution in [0.5, 0.6) is 17.2 Å². The number of carbonyl (C=O) groups excluding carboxylic acids is 1. The van der Waals surface area contributed by atoms with E-state index in [1.165, 1.54) is 0 Å². The van der Waals surface area contributed by atoms with Gasteiger partial charge < -0.3 is 9.47 Å². The quantitative estimate of drug-likeness (QED) is 0.541. The van der Waals surface area contributed by atoms with E-state index in [0.717, 1.165) is 0 Å². The molecule has 0 atom stereocenters. The second-order valence-electron chi connectivity index (χ2n) is 5.73. The average molecular weight is 330 g/mol. The van der Waals surface area contributed by atoms with E-state index in [1.54, 1.807) is 44.2 Å². The number of carbonyl (C=O) groups is 1. The zero-order chi connectivity index (χ0) is 17.5. The summed E-state index contributed by atoms with van der Waals surface area (Å²) in [6.45, 7) is 7.35. The summed E-state index contributed by atoms with van der Waals surface area (Å²) < 4.78 is 11.6. The lowest BCUT2D eigenvalue weighted by Crippen LogP contribution is -2.13. The van der Waals surface area contributed by atoms with Gasteiger partial charge >= 0.3 is 5.97 Å². The van der Waals surface area contributed by atoms with Crippen molar-refractivity contribution >= 4 is 5.97 Å². The highest BCUT2D eigenvalue weighted by molar-refractivity contribution is 5.93. The number of hydrogen-bond acceptors (Lipinski definition) is 5. The highest BCUT2D eigenvalue weighted by atomic mass is 17.2. The molecule has 0 N–H and O–H groups in total. The molecule has 128 valence electrons. The predicted octanol–water partition coefficient (Wildman–Crippen LogP) is 4.76. The van der Waals surface area contributed by atoms with Gasteiger partial charge in [0.15, 0.2) is 11.5 Å². The molecule has 0 radical (unpaired) electrons. The molecule has 0 fully saturated rings. The van der Waals surface area contributed by atoms with Crippen LogP contribution in [0.4, 0.5) is 0 Å². The molecule has 0 amide bonds. The third kappa shape index (κ3) is 4.99. The normalized spacial score (nSPS) is 10.8. The molecular weight excluding hydrogens is 308 g/mol. The maximum Gasteiger partial charge on any atom is 0.377 e. The van der Waals surface area contributed by atoms with Crippen LogP contribution in [-0.4, -0.2) is 18.2 Å². The van der Waals surface area contributed by atoms with Crippen LogP contribution in [0.1, 0.15) is 38.1 Å². The Morgan fingerprint density at radius 3 is 2.21 bits per heavy atom. The Balaban J connectivity index is 2.36. The maximum absolute atomic E-state index is 12.3. The van der Waals surface area contributed by atoms with Crippen molar-refractivity contribution in [3.8, 4) is 17.2 Å². The fourth-order valence-electron chi connectivity index (χ4n) is 1.92. The third-order valence-corrected chi connectivity index (χ3v) is 2.84. The molecule has 5 nitrogen and oxygen atoms in total. The summed E-state index contributed by atoms with van der Waals surface area (Å²) >= 11 is 0. The fourth-order valence-corrected chi connectivity index (χ4v) is 1.92. The molecule has 2 aromatic carbocycles. The summed E-state index contributed by atoms with van der Waals surface area (Å²) in [7, 11) is 0. The fraction of sp³-hybridized carbons (Fsp3) is 0.316. The Hall–Kier alpha value is -2.53. The summed E-state index contributed by atoms with van der Waals surface area (Å²) in [5.41, 5.74) is 0.234. The molecule has 0 saturated carbocycles. The first-order valence-electron chi connectivity index (χ1n) is 7.87. The van der Waals surface area contributed by atoms with E-state index < -0.39 is 5.97 Å². The van der Waals surface area contributed by atoms with E-state index in [0.29, 0.717) is 17.2 Å². The molecule has 0 aliphatic heterocycles. The van der Waals surface area contributed by atoms with Gasteiger partial charge in [0.2, 0.25) is 0 Å². The molecule has 0 unspecified atom stereocenters. The Morgan fingerprint density at radius 1 is 0.875 bits per heavy atom. The van der Waals surface area contributed by atoms with Crippen LogP contribution in [0.25, 0.3) is 0 Å². The Morgan fingerprint density at radius 2 is 1.58 bits per heavy atom. The zero-order valence-corrected chi connectivity index (χ0v) is 14.3. The molecule has 0 aliphatic carbocycles. The number of para-hydroxylation sites is 2. The van der Waals surface area contributed by atoms with E-state index in [2.05, 4.69) is 0 Å². The van der Waals surface area contributed by atoms with E-state index >= 15 is 0 Å². The first-order chi connectivity index (χ1) is 11.5. The lowest BCUT2D eigenvalue weighted by atomic mass is 10.2. The number of ether oxygens (including phenoxy) is 2. The maximum atomic E-state index is 12.3.